The lowest BCUT2D eigenvalue weighted by atomic mass is 10.1. The summed E-state index contributed by atoms with van der Waals surface area (Å²) in [6.45, 7) is 1.10. The van der Waals surface area contributed by atoms with Gasteiger partial charge in [0.05, 0.1) is 12.2 Å². The number of hydrogen-bond donors (Lipinski definition) is 0. The van der Waals surface area contributed by atoms with Crippen LogP contribution in [-0.2, 0) is 0 Å². The van der Waals surface area contributed by atoms with Crippen LogP contribution < -0.4 is 9.64 Å². The van der Waals surface area contributed by atoms with Gasteiger partial charge < -0.3 is 9.64 Å². The first-order chi connectivity index (χ1) is 9.25. The number of hydrogen-bond acceptors (Lipinski definition) is 2. The van der Waals surface area contributed by atoms with Gasteiger partial charge in [-0.3, -0.25) is 4.79 Å². The number of benzene rings is 2. The van der Waals surface area contributed by atoms with Crippen LogP contribution in [0.5, 0.6) is 5.75 Å². The summed E-state index contributed by atoms with van der Waals surface area (Å²) in [5.74, 6) is 0.758. The van der Waals surface area contributed by atoms with Crippen LogP contribution in [0.4, 0.5) is 5.69 Å². The molecule has 3 rings (SSSR count). The SMILES string of the molecule is O=C(c1cccc(Br)c1)N1CCOc2ccccc21. The van der Waals surface area contributed by atoms with Gasteiger partial charge >= 0.3 is 0 Å². The molecule has 0 N–H and O–H groups in total. The van der Waals surface area contributed by atoms with Crippen LogP contribution in [-0.4, -0.2) is 19.1 Å². The summed E-state index contributed by atoms with van der Waals surface area (Å²) in [6.07, 6.45) is 0. The van der Waals surface area contributed by atoms with E-state index in [0.717, 1.165) is 15.9 Å². The van der Waals surface area contributed by atoms with E-state index >= 15 is 0 Å². The molecule has 1 amide bonds. The second kappa shape index (κ2) is 5.05. The number of halogens is 1. The average molecular weight is 318 g/mol. The number of nitrogens with zero attached hydrogens (tertiary/aromatic N) is 1. The van der Waals surface area contributed by atoms with Crippen molar-refractivity contribution in [1.29, 1.82) is 0 Å². The predicted octanol–water partition coefficient (Wildman–Crippen LogP) is 3.49. The zero-order valence-corrected chi connectivity index (χ0v) is 11.8. The molecule has 0 aliphatic carbocycles. The van der Waals surface area contributed by atoms with Gasteiger partial charge in [0.15, 0.2) is 0 Å². The van der Waals surface area contributed by atoms with Gasteiger partial charge in [0, 0.05) is 10.0 Å². The smallest absolute Gasteiger partial charge is 0.258 e. The maximum absolute atomic E-state index is 12.6. The highest BCUT2D eigenvalue weighted by Crippen LogP contribution is 2.32. The number of carbonyl (C=O) groups excluding carboxylic acids is 1. The molecule has 3 nitrogen and oxygen atoms in total. The fourth-order valence-corrected chi connectivity index (χ4v) is 2.56. The fourth-order valence-electron chi connectivity index (χ4n) is 2.16. The highest BCUT2D eigenvalue weighted by molar-refractivity contribution is 9.10. The van der Waals surface area contributed by atoms with Gasteiger partial charge in [-0.1, -0.05) is 34.1 Å². The van der Waals surface area contributed by atoms with Gasteiger partial charge in [-0.2, -0.15) is 0 Å². The van der Waals surface area contributed by atoms with Crippen LogP contribution in [0.1, 0.15) is 10.4 Å². The van der Waals surface area contributed by atoms with Crippen LogP contribution in [0.25, 0.3) is 0 Å². The Hall–Kier alpha value is -1.81. The quantitative estimate of drug-likeness (QED) is 0.805. The third kappa shape index (κ3) is 2.36. The molecule has 0 radical (unpaired) electrons. The van der Waals surface area contributed by atoms with E-state index in [4.69, 9.17) is 4.74 Å². The second-order valence-electron chi connectivity index (χ2n) is 4.28. The average Bonchev–Trinajstić information content (AvgIpc) is 2.46. The van der Waals surface area contributed by atoms with Gasteiger partial charge in [-0.05, 0) is 30.3 Å². The second-order valence-corrected chi connectivity index (χ2v) is 5.20. The lowest BCUT2D eigenvalue weighted by Crippen LogP contribution is -2.37. The zero-order valence-electron chi connectivity index (χ0n) is 10.2. The van der Waals surface area contributed by atoms with E-state index in [-0.39, 0.29) is 5.91 Å². The molecule has 0 saturated carbocycles. The van der Waals surface area contributed by atoms with Gasteiger partial charge in [-0.25, -0.2) is 0 Å². The lowest BCUT2D eigenvalue weighted by Gasteiger charge is -2.29. The molecule has 0 saturated heterocycles. The Balaban J connectivity index is 1.98. The maximum atomic E-state index is 12.6. The molecule has 1 heterocycles. The molecule has 0 atom stereocenters. The van der Waals surface area contributed by atoms with Crippen molar-refractivity contribution >= 4 is 27.5 Å². The standard InChI is InChI=1S/C15H12BrNO2/c16-12-5-3-4-11(10-12)15(18)17-8-9-19-14-7-2-1-6-13(14)17/h1-7,10H,8-9H2. The summed E-state index contributed by atoms with van der Waals surface area (Å²) >= 11 is 3.39. The van der Waals surface area contributed by atoms with Crippen LogP contribution in [0.15, 0.2) is 53.0 Å². The van der Waals surface area contributed by atoms with Crippen molar-refractivity contribution < 1.29 is 9.53 Å². The van der Waals surface area contributed by atoms with Crippen molar-refractivity contribution in [2.24, 2.45) is 0 Å². The number of para-hydroxylation sites is 2. The Labute approximate surface area is 119 Å². The Morgan fingerprint density at radius 3 is 2.84 bits per heavy atom. The molecule has 0 fully saturated rings. The number of rotatable bonds is 1. The molecule has 0 spiro atoms. The topological polar surface area (TPSA) is 29.5 Å². The normalized spacial score (nSPS) is 13.6. The molecule has 2 aromatic rings. The van der Waals surface area contributed by atoms with Crippen molar-refractivity contribution in [2.45, 2.75) is 0 Å². The van der Waals surface area contributed by atoms with E-state index in [1.54, 1.807) is 4.90 Å². The van der Waals surface area contributed by atoms with Crippen molar-refractivity contribution in [3.8, 4) is 5.75 Å². The number of ether oxygens (including phenoxy) is 1. The third-order valence-corrected chi connectivity index (χ3v) is 3.54. The number of anilines is 1. The predicted molar refractivity (Wildman–Crippen MR) is 77.8 cm³/mol. The summed E-state index contributed by atoms with van der Waals surface area (Å²) in [4.78, 5) is 14.3. The van der Waals surface area contributed by atoms with Crippen LogP contribution in [0.3, 0.4) is 0 Å². The summed E-state index contributed by atoms with van der Waals surface area (Å²) in [5.41, 5.74) is 1.50. The Kier molecular flexibility index (Phi) is 3.25. The summed E-state index contributed by atoms with van der Waals surface area (Å²) in [6, 6.07) is 15.0. The van der Waals surface area contributed by atoms with Crippen molar-refractivity contribution in [2.75, 3.05) is 18.1 Å². The molecule has 4 heteroatoms. The molecule has 19 heavy (non-hydrogen) atoms. The van der Waals surface area contributed by atoms with Crippen molar-refractivity contribution in [3.63, 3.8) is 0 Å². The molecule has 1 aliphatic heterocycles. The minimum Gasteiger partial charge on any atom is -0.490 e. The molecular weight excluding hydrogens is 306 g/mol. The first-order valence-corrected chi connectivity index (χ1v) is 6.84. The Morgan fingerprint density at radius 1 is 1.16 bits per heavy atom. The first kappa shape index (κ1) is 12.2. The maximum Gasteiger partial charge on any atom is 0.258 e. The summed E-state index contributed by atoms with van der Waals surface area (Å²) < 4.78 is 6.46. The summed E-state index contributed by atoms with van der Waals surface area (Å²) in [5, 5.41) is 0. The number of fused-ring (bicyclic) bond motifs is 1. The van der Waals surface area contributed by atoms with Crippen LogP contribution in [0, 0.1) is 0 Å². The largest absolute Gasteiger partial charge is 0.490 e. The third-order valence-electron chi connectivity index (χ3n) is 3.05. The minimum absolute atomic E-state index is 0.00273. The van der Waals surface area contributed by atoms with Gasteiger partial charge in [-0.15, -0.1) is 0 Å². The molecule has 0 unspecified atom stereocenters. The molecule has 96 valence electrons. The van der Waals surface area contributed by atoms with Gasteiger partial charge in [0.2, 0.25) is 0 Å². The van der Waals surface area contributed by atoms with Crippen LogP contribution in [0.2, 0.25) is 0 Å². The van der Waals surface area contributed by atoms with E-state index in [1.165, 1.54) is 0 Å². The number of amides is 1. The van der Waals surface area contributed by atoms with E-state index < -0.39 is 0 Å². The molecular formula is C15H12BrNO2. The van der Waals surface area contributed by atoms with Gasteiger partial charge in [0.1, 0.15) is 12.4 Å². The first-order valence-electron chi connectivity index (χ1n) is 6.05. The highest BCUT2D eigenvalue weighted by Gasteiger charge is 2.24. The monoisotopic (exact) mass is 317 g/mol. The molecule has 0 bridgehead atoms. The van der Waals surface area contributed by atoms with Crippen LogP contribution >= 0.6 is 15.9 Å². The minimum atomic E-state index is -0.00273. The van der Waals surface area contributed by atoms with Crippen molar-refractivity contribution in [3.05, 3.63) is 58.6 Å². The lowest BCUT2D eigenvalue weighted by molar-refractivity contribution is 0.0976. The van der Waals surface area contributed by atoms with Crippen molar-refractivity contribution in [1.82, 2.24) is 0 Å². The number of carbonyl (C=O) groups is 1. The Bertz CT molecular complexity index is 627. The Morgan fingerprint density at radius 2 is 2.00 bits per heavy atom. The van der Waals surface area contributed by atoms with E-state index in [0.29, 0.717) is 18.7 Å². The van der Waals surface area contributed by atoms with E-state index in [2.05, 4.69) is 15.9 Å². The van der Waals surface area contributed by atoms with E-state index in [1.807, 2.05) is 48.5 Å². The molecule has 1 aliphatic rings. The summed E-state index contributed by atoms with van der Waals surface area (Å²) in [7, 11) is 0. The highest BCUT2D eigenvalue weighted by atomic mass is 79.9. The zero-order chi connectivity index (χ0) is 13.2. The van der Waals surface area contributed by atoms with E-state index in [9.17, 15) is 4.79 Å². The van der Waals surface area contributed by atoms with Gasteiger partial charge in [0.25, 0.3) is 5.91 Å². The molecule has 0 aromatic heterocycles. The molecule has 2 aromatic carbocycles. The fraction of sp³-hybridized carbons (Fsp3) is 0.133.